The molecule has 166 valence electrons. The number of carbonyl (C=O) groups is 1. The lowest BCUT2D eigenvalue weighted by Crippen LogP contribution is -2.37. The molecule has 0 aliphatic heterocycles. The van der Waals surface area contributed by atoms with E-state index >= 15 is 0 Å². The third kappa shape index (κ3) is 6.28. The SMILES string of the molecule is C/C(=C\COc1ccc(OC(C)(C)C(=O)O)cc1)c1ccc(-c2cc(Cl)cc(Cl)c2)cc1. The number of carboxylic acids is 1. The molecule has 0 aromatic heterocycles. The molecule has 0 bridgehead atoms. The molecule has 0 spiro atoms. The van der Waals surface area contributed by atoms with Gasteiger partial charge in [-0.05, 0) is 91.6 Å². The molecule has 0 amide bonds. The van der Waals surface area contributed by atoms with Crippen LogP contribution in [0.2, 0.25) is 10.0 Å². The number of rotatable bonds is 8. The summed E-state index contributed by atoms with van der Waals surface area (Å²) in [6.07, 6.45) is 2.00. The van der Waals surface area contributed by atoms with E-state index in [4.69, 9.17) is 37.8 Å². The molecular formula is C26H24Cl2O4. The molecule has 3 rings (SSSR count). The molecule has 3 aromatic carbocycles. The zero-order valence-corrected chi connectivity index (χ0v) is 19.6. The minimum absolute atomic E-state index is 0.401. The largest absolute Gasteiger partial charge is 0.490 e. The van der Waals surface area contributed by atoms with Crippen LogP contribution in [0, 0.1) is 0 Å². The summed E-state index contributed by atoms with van der Waals surface area (Å²) in [5.41, 5.74) is 2.89. The summed E-state index contributed by atoms with van der Waals surface area (Å²) in [6, 6.07) is 20.5. The number of carboxylic acid groups (broad SMARTS) is 1. The Labute approximate surface area is 198 Å². The van der Waals surface area contributed by atoms with Crippen molar-refractivity contribution in [2.24, 2.45) is 0 Å². The Balaban J connectivity index is 1.59. The molecule has 3 aromatic rings. The summed E-state index contributed by atoms with van der Waals surface area (Å²) in [5.74, 6) is 0.114. The fourth-order valence-corrected chi connectivity index (χ4v) is 3.50. The van der Waals surface area contributed by atoms with Crippen LogP contribution in [0.3, 0.4) is 0 Å². The third-order valence-electron chi connectivity index (χ3n) is 4.89. The first-order chi connectivity index (χ1) is 15.1. The van der Waals surface area contributed by atoms with Gasteiger partial charge in [0.1, 0.15) is 18.1 Å². The van der Waals surface area contributed by atoms with E-state index in [1.54, 1.807) is 30.3 Å². The van der Waals surface area contributed by atoms with Gasteiger partial charge < -0.3 is 14.6 Å². The van der Waals surface area contributed by atoms with Gasteiger partial charge in [-0.3, -0.25) is 0 Å². The highest BCUT2D eigenvalue weighted by molar-refractivity contribution is 6.35. The Kier molecular flexibility index (Phi) is 7.49. The first-order valence-electron chi connectivity index (χ1n) is 10.0. The van der Waals surface area contributed by atoms with Crippen molar-refractivity contribution >= 4 is 34.7 Å². The third-order valence-corrected chi connectivity index (χ3v) is 5.32. The number of ether oxygens (including phenoxy) is 2. The molecule has 0 unspecified atom stereocenters. The molecule has 0 saturated heterocycles. The Morgan fingerprint density at radius 3 is 2.03 bits per heavy atom. The average Bonchev–Trinajstić information content (AvgIpc) is 2.74. The van der Waals surface area contributed by atoms with E-state index in [-0.39, 0.29) is 0 Å². The Morgan fingerprint density at radius 2 is 1.47 bits per heavy atom. The minimum Gasteiger partial charge on any atom is -0.490 e. The molecule has 0 aliphatic carbocycles. The molecular weight excluding hydrogens is 447 g/mol. The molecule has 0 fully saturated rings. The summed E-state index contributed by atoms with van der Waals surface area (Å²) >= 11 is 12.2. The normalized spacial score (nSPS) is 11.8. The van der Waals surface area contributed by atoms with Gasteiger partial charge in [0.2, 0.25) is 0 Å². The van der Waals surface area contributed by atoms with Gasteiger partial charge in [0.05, 0.1) is 0 Å². The van der Waals surface area contributed by atoms with Crippen molar-refractivity contribution in [1.29, 1.82) is 0 Å². The zero-order valence-electron chi connectivity index (χ0n) is 18.1. The van der Waals surface area contributed by atoms with Gasteiger partial charge in [-0.15, -0.1) is 0 Å². The Hall–Kier alpha value is -2.95. The summed E-state index contributed by atoms with van der Waals surface area (Å²) in [4.78, 5) is 11.2. The van der Waals surface area contributed by atoms with Crippen LogP contribution in [-0.2, 0) is 4.79 Å². The molecule has 0 heterocycles. The van der Waals surface area contributed by atoms with Gasteiger partial charge in [0, 0.05) is 10.0 Å². The highest BCUT2D eigenvalue weighted by Crippen LogP contribution is 2.28. The number of allylic oxidation sites excluding steroid dienone is 1. The quantitative estimate of drug-likeness (QED) is 0.372. The van der Waals surface area contributed by atoms with Crippen LogP contribution in [0.1, 0.15) is 26.3 Å². The van der Waals surface area contributed by atoms with Crippen LogP contribution >= 0.6 is 23.2 Å². The molecule has 0 atom stereocenters. The van der Waals surface area contributed by atoms with Crippen molar-refractivity contribution in [3.05, 3.63) is 88.4 Å². The highest BCUT2D eigenvalue weighted by atomic mass is 35.5. The first-order valence-corrected chi connectivity index (χ1v) is 10.8. The zero-order chi connectivity index (χ0) is 23.3. The van der Waals surface area contributed by atoms with Gasteiger partial charge in [-0.25, -0.2) is 4.79 Å². The predicted octanol–water partition coefficient (Wildman–Crippen LogP) is 7.38. The standard InChI is InChI=1S/C26H24Cl2O4/c1-17(18-4-6-19(7-5-18)20-14-21(27)16-22(28)15-20)12-13-31-23-8-10-24(11-9-23)32-26(2,3)25(29)30/h4-12,14-16H,13H2,1-3H3,(H,29,30)/b17-12+. The van der Waals surface area contributed by atoms with Crippen LogP contribution in [0.4, 0.5) is 0 Å². The fourth-order valence-electron chi connectivity index (χ4n) is 2.97. The van der Waals surface area contributed by atoms with Crippen LogP contribution in [0.5, 0.6) is 11.5 Å². The molecule has 0 aliphatic rings. The summed E-state index contributed by atoms with van der Waals surface area (Å²) in [7, 11) is 0. The van der Waals surface area contributed by atoms with Crippen LogP contribution < -0.4 is 9.47 Å². The van der Waals surface area contributed by atoms with Crippen LogP contribution in [0.15, 0.2) is 72.8 Å². The van der Waals surface area contributed by atoms with E-state index in [9.17, 15) is 4.79 Å². The minimum atomic E-state index is -1.29. The molecule has 4 nitrogen and oxygen atoms in total. The maximum atomic E-state index is 11.2. The van der Waals surface area contributed by atoms with Crippen molar-refractivity contribution in [3.8, 4) is 22.6 Å². The lowest BCUT2D eigenvalue weighted by molar-refractivity contribution is -0.152. The molecule has 32 heavy (non-hydrogen) atoms. The van der Waals surface area contributed by atoms with Gasteiger partial charge in [0.15, 0.2) is 5.60 Å². The molecule has 1 N–H and O–H groups in total. The highest BCUT2D eigenvalue weighted by Gasteiger charge is 2.29. The van der Waals surface area contributed by atoms with Gasteiger partial charge in [-0.1, -0.05) is 47.5 Å². The number of halogens is 2. The van der Waals surface area contributed by atoms with E-state index < -0.39 is 11.6 Å². The lowest BCUT2D eigenvalue weighted by Gasteiger charge is -2.21. The van der Waals surface area contributed by atoms with E-state index in [1.165, 1.54) is 13.8 Å². The van der Waals surface area contributed by atoms with Crippen molar-refractivity contribution < 1.29 is 19.4 Å². The molecule has 0 saturated carbocycles. The van der Waals surface area contributed by atoms with Crippen molar-refractivity contribution in [2.45, 2.75) is 26.4 Å². The molecule has 6 heteroatoms. The van der Waals surface area contributed by atoms with Gasteiger partial charge in [0.25, 0.3) is 0 Å². The van der Waals surface area contributed by atoms with E-state index in [0.29, 0.717) is 28.2 Å². The average molecular weight is 471 g/mol. The lowest BCUT2D eigenvalue weighted by atomic mass is 10.0. The first kappa shape index (κ1) is 23.7. The second-order valence-corrected chi connectivity index (χ2v) is 8.70. The van der Waals surface area contributed by atoms with E-state index in [2.05, 4.69) is 0 Å². The predicted molar refractivity (Wildman–Crippen MR) is 130 cm³/mol. The van der Waals surface area contributed by atoms with Crippen molar-refractivity contribution in [1.82, 2.24) is 0 Å². The van der Waals surface area contributed by atoms with E-state index in [0.717, 1.165) is 22.3 Å². The number of hydrogen-bond donors (Lipinski definition) is 1. The number of aliphatic carboxylic acids is 1. The number of benzene rings is 3. The van der Waals surface area contributed by atoms with Crippen LogP contribution in [-0.4, -0.2) is 23.3 Å². The fraction of sp³-hybridized carbons (Fsp3) is 0.192. The van der Waals surface area contributed by atoms with Crippen molar-refractivity contribution in [3.63, 3.8) is 0 Å². The van der Waals surface area contributed by atoms with E-state index in [1.807, 2.05) is 49.4 Å². The molecule has 0 radical (unpaired) electrons. The second-order valence-electron chi connectivity index (χ2n) is 7.82. The van der Waals surface area contributed by atoms with Gasteiger partial charge in [-0.2, -0.15) is 0 Å². The topological polar surface area (TPSA) is 55.8 Å². The smallest absolute Gasteiger partial charge is 0.347 e. The van der Waals surface area contributed by atoms with Crippen molar-refractivity contribution in [2.75, 3.05) is 6.61 Å². The Bertz CT molecular complexity index is 1100. The maximum absolute atomic E-state index is 11.2. The maximum Gasteiger partial charge on any atom is 0.347 e. The summed E-state index contributed by atoms with van der Waals surface area (Å²) < 4.78 is 11.3. The monoisotopic (exact) mass is 470 g/mol. The Morgan fingerprint density at radius 1 is 0.906 bits per heavy atom. The number of hydrogen-bond acceptors (Lipinski definition) is 3. The van der Waals surface area contributed by atoms with Gasteiger partial charge >= 0.3 is 5.97 Å². The summed E-state index contributed by atoms with van der Waals surface area (Å²) in [5, 5.41) is 10.4. The second kappa shape index (κ2) is 10.1. The summed E-state index contributed by atoms with van der Waals surface area (Å²) in [6.45, 7) is 5.44. The van der Waals surface area contributed by atoms with Crippen LogP contribution in [0.25, 0.3) is 16.7 Å².